The van der Waals surface area contributed by atoms with Crippen molar-refractivity contribution < 1.29 is 19.4 Å². The van der Waals surface area contributed by atoms with Crippen molar-refractivity contribution in [3.05, 3.63) is 70.8 Å². The lowest BCUT2D eigenvalue weighted by atomic mass is 9.94. The molecule has 2 aromatic carbocycles. The number of nitrogens with zero attached hydrogens (tertiary/aromatic N) is 2. The van der Waals surface area contributed by atoms with E-state index in [0.717, 1.165) is 24.9 Å². The molecule has 1 saturated heterocycles. The lowest BCUT2D eigenvalue weighted by molar-refractivity contribution is -0.139. The predicted molar refractivity (Wildman–Crippen MR) is 135 cm³/mol. The summed E-state index contributed by atoms with van der Waals surface area (Å²) in [6.45, 7) is 8.05. The predicted octanol–water partition coefficient (Wildman–Crippen LogP) is 4.66. The molecule has 1 aliphatic rings. The minimum Gasteiger partial charge on any atom is -0.507 e. The second kappa shape index (κ2) is 11.3. The van der Waals surface area contributed by atoms with Crippen LogP contribution in [0.25, 0.3) is 5.76 Å². The lowest BCUT2D eigenvalue weighted by Gasteiger charge is -2.26. The molecule has 182 valence electrons. The third-order valence-corrected chi connectivity index (χ3v) is 5.96. The molecule has 1 fully saturated rings. The zero-order chi connectivity index (χ0) is 24.8. The fourth-order valence-electron chi connectivity index (χ4n) is 4.08. The van der Waals surface area contributed by atoms with E-state index in [2.05, 4.69) is 20.8 Å². The number of ketones is 1. The van der Waals surface area contributed by atoms with E-state index in [4.69, 9.17) is 4.74 Å². The van der Waals surface area contributed by atoms with E-state index in [-0.39, 0.29) is 11.3 Å². The molecule has 1 unspecified atom stereocenters. The molecule has 1 N–H and O–H groups in total. The van der Waals surface area contributed by atoms with Crippen LogP contribution in [0.4, 0.5) is 0 Å². The molecule has 1 atom stereocenters. The average molecular weight is 465 g/mol. The van der Waals surface area contributed by atoms with Gasteiger partial charge in [-0.25, -0.2) is 0 Å². The Morgan fingerprint density at radius 2 is 1.71 bits per heavy atom. The standard InChI is InChI=1S/C28H36N2O4/c1-6-20-8-10-21(11-9-20)25-24(27(32)28(33)30(25)17-7-16-29(4)5)26(31)22-12-14-23(15-13-22)34-18-19(2)3/h8-15,19,25,31H,6-7,16-18H2,1-5H3/b26-24-. The molecule has 0 spiro atoms. The maximum atomic E-state index is 13.1. The molecule has 6 heteroatoms. The van der Waals surface area contributed by atoms with E-state index >= 15 is 0 Å². The van der Waals surface area contributed by atoms with E-state index < -0.39 is 17.7 Å². The van der Waals surface area contributed by atoms with E-state index in [1.165, 1.54) is 5.56 Å². The van der Waals surface area contributed by atoms with Crippen molar-refractivity contribution in [2.24, 2.45) is 5.92 Å². The number of hydrogen-bond donors (Lipinski definition) is 1. The zero-order valence-electron chi connectivity index (χ0n) is 20.9. The van der Waals surface area contributed by atoms with E-state index in [9.17, 15) is 14.7 Å². The van der Waals surface area contributed by atoms with Gasteiger partial charge < -0.3 is 19.6 Å². The Bertz CT molecular complexity index is 1020. The van der Waals surface area contributed by atoms with Crippen LogP contribution >= 0.6 is 0 Å². The number of rotatable bonds is 10. The molecule has 3 rings (SSSR count). The van der Waals surface area contributed by atoms with Crippen LogP contribution in [0.3, 0.4) is 0 Å². The first-order valence-corrected chi connectivity index (χ1v) is 12.0. The van der Waals surface area contributed by atoms with Gasteiger partial charge in [0.15, 0.2) is 0 Å². The van der Waals surface area contributed by atoms with Crippen LogP contribution in [0.1, 0.15) is 49.9 Å². The van der Waals surface area contributed by atoms with Crippen molar-refractivity contribution in [2.75, 3.05) is 33.8 Å². The van der Waals surface area contributed by atoms with Crippen LogP contribution in [0.5, 0.6) is 5.75 Å². The Kier molecular flexibility index (Phi) is 8.51. The number of carbonyl (C=O) groups excluding carboxylic acids is 2. The molecule has 2 aromatic rings. The van der Waals surface area contributed by atoms with Crippen LogP contribution in [0.2, 0.25) is 0 Å². The highest BCUT2D eigenvalue weighted by Gasteiger charge is 2.45. The van der Waals surface area contributed by atoms with Gasteiger partial charge in [-0.2, -0.15) is 0 Å². The van der Waals surface area contributed by atoms with Gasteiger partial charge in [-0.3, -0.25) is 9.59 Å². The van der Waals surface area contributed by atoms with Crippen LogP contribution in [0, 0.1) is 5.92 Å². The van der Waals surface area contributed by atoms with Crippen molar-refractivity contribution in [2.45, 2.75) is 39.7 Å². The monoisotopic (exact) mass is 464 g/mol. The number of benzene rings is 2. The minimum absolute atomic E-state index is 0.134. The zero-order valence-corrected chi connectivity index (χ0v) is 20.9. The topological polar surface area (TPSA) is 70.1 Å². The van der Waals surface area contributed by atoms with Crippen molar-refractivity contribution in [1.29, 1.82) is 0 Å². The molecule has 1 aliphatic heterocycles. The molecule has 1 heterocycles. The highest BCUT2D eigenvalue weighted by atomic mass is 16.5. The van der Waals surface area contributed by atoms with Crippen molar-refractivity contribution in [3.8, 4) is 5.75 Å². The average Bonchev–Trinajstić information content (AvgIpc) is 3.07. The van der Waals surface area contributed by atoms with Crippen LogP contribution in [-0.4, -0.2) is 60.4 Å². The second-order valence-corrected chi connectivity index (χ2v) is 9.47. The van der Waals surface area contributed by atoms with Gasteiger partial charge in [0.05, 0.1) is 18.2 Å². The number of carbonyl (C=O) groups is 2. The maximum absolute atomic E-state index is 13.1. The highest BCUT2D eigenvalue weighted by Crippen LogP contribution is 2.39. The first-order chi connectivity index (χ1) is 16.2. The van der Waals surface area contributed by atoms with Gasteiger partial charge in [-0.05, 0) is 74.8 Å². The van der Waals surface area contributed by atoms with Gasteiger partial charge in [0.25, 0.3) is 11.7 Å². The summed E-state index contributed by atoms with van der Waals surface area (Å²) in [6, 6.07) is 14.3. The molecule has 6 nitrogen and oxygen atoms in total. The van der Waals surface area contributed by atoms with Gasteiger partial charge in [-0.15, -0.1) is 0 Å². The first kappa shape index (κ1) is 25.5. The van der Waals surface area contributed by atoms with Gasteiger partial charge in [0, 0.05) is 12.1 Å². The first-order valence-electron chi connectivity index (χ1n) is 12.0. The molecule has 1 amide bonds. The largest absolute Gasteiger partial charge is 0.507 e. The fourth-order valence-corrected chi connectivity index (χ4v) is 4.08. The summed E-state index contributed by atoms with van der Waals surface area (Å²) in [5, 5.41) is 11.2. The van der Waals surface area contributed by atoms with Crippen molar-refractivity contribution >= 4 is 17.4 Å². The molecular formula is C28H36N2O4. The molecule has 0 aromatic heterocycles. The number of aliphatic hydroxyl groups excluding tert-OH is 1. The van der Waals surface area contributed by atoms with Gasteiger partial charge >= 0.3 is 0 Å². The summed E-state index contributed by atoms with van der Waals surface area (Å²) in [5.41, 5.74) is 2.61. The van der Waals surface area contributed by atoms with Crippen LogP contribution in [-0.2, 0) is 16.0 Å². The number of hydrogen-bond acceptors (Lipinski definition) is 5. The molecule has 0 saturated carbocycles. The highest BCUT2D eigenvalue weighted by molar-refractivity contribution is 6.46. The van der Waals surface area contributed by atoms with E-state index in [0.29, 0.717) is 30.4 Å². The Labute approximate surface area is 202 Å². The molecule has 0 bridgehead atoms. The van der Waals surface area contributed by atoms with E-state index in [1.54, 1.807) is 29.2 Å². The van der Waals surface area contributed by atoms with Gasteiger partial charge in [-0.1, -0.05) is 45.0 Å². The lowest BCUT2D eigenvalue weighted by Crippen LogP contribution is -2.32. The number of aryl methyl sites for hydroxylation is 1. The Morgan fingerprint density at radius 3 is 2.26 bits per heavy atom. The Morgan fingerprint density at radius 1 is 1.06 bits per heavy atom. The number of amides is 1. The fraction of sp³-hybridized carbons (Fsp3) is 0.429. The number of aliphatic hydroxyl groups is 1. The molecule has 0 aliphatic carbocycles. The number of ether oxygens (including phenoxy) is 1. The summed E-state index contributed by atoms with van der Waals surface area (Å²) in [6.07, 6.45) is 1.63. The Balaban J connectivity index is 1.99. The molecule has 0 radical (unpaired) electrons. The summed E-state index contributed by atoms with van der Waals surface area (Å²) in [7, 11) is 3.95. The number of likely N-dealkylation sites (tertiary alicyclic amines) is 1. The molecular weight excluding hydrogens is 428 g/mol. The smallest absolute Gasteiger partial charge is 0.295 e. The van der Waals surface area contributed by atoms with Crippen LogP contribution in [0.15, 0.2) is 54.1 Å². The van der Waals surface area contributed by atoms with Crippen LogP contribution < -0.4 is 4.74 Å². The van der Waals surface area contributed by atoms with Gasteiger partial charge in [0.2, 0.25) is 0 Å². The summed E-state index contributed by atoms with van der Waals surface area (Å²) >= 11 is 0. The van der Waals surface area contributed by atoms with Gasteiger partial charge in [0.1, 0.15) is 11.5 Å². The summed E-state index contributed by atoms with van der Waals surface area (Å²) < 4.78 is 5.73. The second-order valence-electron chi connectivity index (χ2n) is 9.47. The minimum atomic E-state index is -0.646. The maximum Gasteiger partial charge on any atom is 0.295 e. The third kappa shape index (κ3) is 5.86. The SMILES string of the molecule is CCc1ccc(C2/C(=C(/O)c3ccc(OCC(C)C)cc3)C(=O)C(=O)N2CCCN(C)C)cc1. The number of Topliss-reactive ketones (excluding diaryl/α,β-unsaturated/α-hetero) is 1. The van der Waals surface area contributed by atoms with Crippen molar-refractivity contribution in [3.63, 3.8) is 0 Å². The van der Waals surface area contributed by atoms with E-state index in [1.807, 2.05) is 43.3 Å². The third-order valence-electron chi connectivity index (χ3n) is 5.96. The normalized spacial score (nSPS) is 17.7. The summed E-state index contributed by atoms with van der Waals surface area (Å²) in [4.78, 5) is 29.8. The summed E-state index contributed by atoms with van der Waals surface area (Å²) in [5.74, 6) is -0.279. The quantitative estimate of drug-likeness (QED) is 0.315. The van der Waals surface area contributed by atoms with Crippen molar-refractivity contribution in [1.82, 2.24) is 9.80 Å². The Hall–Kier alpha value is -3.12. The molecule has 34 heavy (non-hydrogen) atoms.